The van der Waals surface area contributed by atoms with Crippen LogP contribution in [0.4, 0.5) is 11.4 Å². The van der Waals surface area contributed by atoms with Crippen molar-refractivity contribution in [1.29, 1.82) is 0 Å². The number of aryl methyl sites for hydroxylation is 2. The lowest BCUT2D eigenvalue weighted by Crippen LogP contribution is -2.67. The van der Waals surface area contributed by atoms with Crippen LogP contribution in [-0.4, -0.2) is 69.9 Å². The molecule has 4 aromatic rings. The average Bonchev–Trinajstić information content (AvgIpc) is 3.85. The van der Waals surface area contributed by atoms with Crippen molar-refractivity contribution in [3.05, 3.63) is 130 Å². The van der Waals surface area contributed by atoms with E-state index in [0.29, 0.717) is 25.7 Å². The van der Waals surface area contributed by atoms with Gasteiger partial charge in [0.2, 0.25) is 23.6 Å². The van der Waals surface area contributed by atoms with Crippen LogP contribution >= 0.6 is 0 Å². The molecule has 4 saturated heterocycles. The quantitative estimate of drug-likeness (QED) is 0.253. The normalized spacial score (nSPS) is 32.1. The van der Waals surface area contributed by atoms with E-state index in [9.17, 15) is 19.2 Å². The second-order valence-corrected chi connectivity index (χ2v) is 15.6. The summed E-state index contributed by atoms with van der Waals surface area (Å²) >= 11 is 0. The summed E-state index contributed by atoms with van der Waals surface area (Å²) in [7, 11) is 0. The Balaban J connectivity index is 1.15. The second kappa shape index (κ2) is 10.9. The van der Waals surface area contributed by atoms with Crippen molar-refractivity contribution >= 4 is 35.0 Å². The molecule has 6 heterocycles. The van der Waals surface area contributed by atoms with Gasteiger partial charge in [-0.15, -0.1) is 0 Å². The summed E-state index contributed by atoms with van der Waals surface area (Å²) < 4.78 is 0. The zero-order valence-corrected chi connectivity index (χ0v) is 29.1. The molecule has 4 amide bonds. The molecule has 0 aliphatic carbocycles. The molecular formula is C42H40N6O4. The first-order valence-electron chi connectivity index (χ1n) is 18.3. The molecular weight excluding hydrogens is 652 g/mol. The molecule has 0 radical (unpaired) electrons. The third-order valence-corrected chi connectivity index (χ3v) is 12.8. The minimum atomic E-state index is -0.878. The first-order chi connectivity index (χ1) is 25.2. The van der Waals surface area contributed by atoms with Crippen LogP contribution in [0.1, 0.15) is 46.2 Å². The van der Waals surface area contributed by atoms with E-state index in [2.05, 4.69) is 71.5 Å². The standard InChI is InChI=1S/C42H40N6O4/c1-23-13-15-29-27(17-23)41(21-33-35(49)43-31(19-25-9-5-3-6-10-25)37(51)47(33)39(41)45-29)42-22-34-36(50)44-32(20-26-11-7-4-8-12-26)38(52)48(34)40(42)46-30-16-14-24(2)18-28(30)42/h3-18,31-34,39-40,45-46H,19-22H2,1-2H3,(H,43,49)(H,44,50). The summed E-state index contributed by atoms with van der Waals surface area (Å²) in [5.74, 6) is -0.622. The molecule has 10 nitrogen and oxygen atoms in total. The molecule has 0 aromatic heterocycles. The molecule has 0 bridgehead atoms. The summed E-state index contributed by atoms with van der Waals surface area (Å²) in [4.78, 5) is 61.7. The Labute approximate surface area is 302 Å². The Morgan fingerprint density at radius 3 is 1.37 bits per heavy atom. The Morgan fingerprint density at radius 2 is 0.962 bits per heavy atom. The fraction of sp³-hybridized carbons (Fsp3) is 0.333. The molecule has 52 heavy (non-hydrogen) atoms. The van der Waals surface area contributed by atoms with E-state index in [0.717, 1.165) is 44.8 Å². The fourth-order valence-electron chi connectivity index (χ4n) is 10.7. The van der Waals surface area contributed by atoms with Gasteiger partial charge in [0.1, 0.15) is 36.5 Å². The van der Waals surface area contributed by atoms with Gasteiger partial charge < -0.3 is 31.1 Å². The van der Waals surface area contributed by atoms with Gasteiger partial charge in [-0.3, -0.25) is 19.2 Å². The smallest absolute Gasteiger partial charge is 0.247 e. The van der Waals surface area contributed by atoms with E-state index >= 15 is 0 Å². The van der Waals surface area contributed by atoms with E-state index in [1.807, 2.05) is 60.7 Å². The first kappa shape index (κ1) is 31.1. The second-order valence-electron chi connectivity index (χ2n) is 15.6. The van der Waals surface area contributed by atoms with Gasteiger partial charge in [-0.2, -0.15) is 0 Å². The third-order valence-electron chi connectivity index (χ3n) is 12.8. The number of benzene rings is 4. The Morgan fingerprint density at radius 1 is 0.558 bits per heavy atom. The van der Waals surface area contributed by atoms with Gasteiger partial charge in [0.05, 0.1) is 10.8 Å². The summed E-state index contributed by atoms with van der Waals surface area (Å²) in [5.41, 5.74) is 6.13. The molecule has 262 valence electrons. The third kappa shape index (κ3) is 4.06. The first-order valence-corrected chi connectivity index (χ1v) is 18.3. The fourth-order valence-corrected chi connectivity index (χ4v) is 10.7. The van der Waals surface area contributed by atoms with E-state index in [1.165, 1.54) is 0 Å². The molecule has 10 rings (SSSR count). The van der Waals surface area contributed by atoms with Crippen LogP contribution < -0.4 is 21.3 Å². The molecule has 4 N–H and O–H groups in total. The summed E-state index contributed by atoms with van der Waals surface area (Å²) in [6, 6.07) is 29.2. The number of carbonyl (C=O) groups is 4. The molecule has 6 aliphatic heterocycles. The van der Waals surface area contributed by atoms with E-state index in [4.69, 9.17) is 0 Å². The van der Waals surface area contributed by atoms with Crippen molar-refractivity contribution in [3.63, 3.8) is 0 Å². The number of nitrogens with zero attached hydrogens (tertiary/aromatic N) is 2. The molecule has 6 aliphatic rings. The number of nitrogens with one attached hydrogen (secondary N) is 4. The zero-order valence-electron chi connectivity index (χ0n) is 29.1. The van der Waals surface area contributed by atoms with Crippen LogP contribution in [0, 0.1) is 13.8 Å². The number of rotatable bonds is 5. The van der Waals surface area contributed by atoms with Gasteiger partial charge in [-0.1, -0.05) is 96.1 Å². The summed E-state index contributed by atoms with van der Waals surface area (Å²) in [6.07, 6.45) is 0.247. The summed E-state index contributed by atoms with van der Waals surface area (Å²) in [6.45, 7) is 4.11. The van der Waals surface area contributed by atoms with Crippen LogP contribution in [0.5, 0.6) is 0 Å². The minimum absolute atomic E-state index is 0.131. The maximum absolute atomic E-state index is 14.8. The van der Waals surface area contributed by atoms with E-state index in [1.54, 1.807) is 9.80 Å². The van der Waals surface area contributed by atoms with Crippen molar-refractivity contribution in [2.75, 3.05) is 10.6 Å². The van der Waals surface area contributed by atoms with E-state index < -0.39 is 47.3 Å². The van der Waals surface area contributed by atoms with Crippen LogP contribution in [0.2, 0.25) is 0 Å². The Hall–Kier alpha value is -5.64. The maximum atomic E-state index is 14.8. The largest absolute Gasteiger partial charge is 0.364 e. The molecule has 10 heteroatoms. The highest BCUT2D eigenvalue weighted by molar-refractivity contribution is 6.01. The van der Waals surface area contributed by atoms with Gasteiger partial charge in [-0.05, 0) is 61.1 Å². The minimum Gasteiger partial charge on any atom is -0.364 e. The molecule has 4 aromatic carbocycles. The van der Waals surface area contributed by atoms with Crippen LogP contribution in [0.3, 0.4) is 0 Å². The maximum Gasteiger partial charge on any atom is 0.247 e. The predicted octanol–water partition coefficient (Wildman–Crippen LogP) is 3.67. The number of hydrogen-bond donors (Lipinski definition) is 4. The molecule has 8 unspecified atom stereocenters. The average molecular weight is 693 g/mol. The van der Waals surface area contributed by atoms with E-state index in [-0.39, 0.29) is 23.6 Å². The van der Waals surface area contributed by atoms with Crippen LogP contribution in [0.15, 0.2) is 97.1 Å². The Kier molecular flexibility index (Phi) is 6.54. The highest BCUT2D eigenvalue weighted by Crippen LogP contribution is 2.69. The predicted molar refractivity (Wildman–Crippen MR) is 195 cm³/mol. The van der Waals surface area contributed by atoms with Crippen molar-refractivity contribution in [2.45, 2.75) is 86.9 Å². The zero-order chi connectivity index (χ0) is 35.5. The number of fused-ring (bicyclic) bond motifs is 11. The number of hydrogen-bond acceptors (Lipinski definition) is 6. The van der Waals surface area contributed by atoms with Crippen molar-refractivity contribution in [3.8, 4) is 0 Å². The van der Waals surface area contributed by atoms with Crippen LogP contribution in [-0.2, 0) is 42.8 Å². The van der Waals surface area contributed by atoms with Gasteiger partial charge >= 0.3 is 0 Å². The number of amides is 4. The highest BCUT2D eigenvalue weighted by Gasteiger charge is 2.78. The monoisotopic (exact) mass is 692 g/mol. The number of anilines is 2. The number of carbonyl (C=O) groups excluding carboxylic acids is 4. The SMILES string of the molecule is Cc1ccc2c(c1)C1(C34CC5C(=O)NC(Cc6ccccc6)C(=O)N5C3Nc3ccc(C)cc34)CC3C(=O)NC(Cc4ccccc4)C(=O)N3C1N2. The molecule has 0 saturated carbocycles. The molecule has 8 atom stereocenters. The van der Waals surface area contributed by atoms with Crippen molar-refractivity contribution in [2.24, 2.45) is 0 Å². The Bertz CT molecular complexity index is 2040. The lowest BCUT2D eigenvalue weighted by molar-refractivity contribution is -0.149. The lowest BCUT2D eigenvalue weighted by atomic mass is 9.54. The van der Waals surface area contributed by atoms with Gasteiger partial charge in [-0.25, -0.2) is 0 Å². The number of piperazine rings is 2. The van der Waals surface area contributed by atoms with Gasteiger partial charge in [0.25, 0.3) is 0 Å². The highest BCUT2D eigenvalue weighted by atomic mass is 16.2. The van der Waals surface area contributed by atoms with Gasteiger partial charge in [0.15, 0.2) is 0 Å². The molecule has 0 spiro atoms. The van der Waals surface area contributed by atoms with Gasteiger partial charge in [0, 0.05) is 24.2 Å². The van der Waals surface area contributed by atoms with Crippen LogP contribution in [0.25, 0.3) is 0 Å². The summed E-state index contributed by atoms with van der Waals surface area (Å²) in [5, 5.41) is 13.7. The topological polar surface area (TPSA) is 123 Å². The lowest BCUT2D eigenvalue weighted by Gasteiger charge is -2.48. The van der Waals surface area contributed by atoms with Crippen molar-refractivity contribution < 1.29 is 19.2 Å². The van der Waals surface area contributed by atoms with Crippen molar-refractivity contribution in [1.82, 2.24) is 20.4 Å². The molecule has 4 fully saturated rings.